The van der Waals surface area contributed by atoms with E-state index in [-0.39, 0.29) is 43.0 Å². The van der Waals surface area contributed by atoms with Crippen molar-refractivity contribution in [3.8, 4) is 11.4 Å². The number of carbonyl (C=O) groups excluding carboxylic acids is 2. The summed E-state index contributed by atoms with van der Waals surface area (Å²) in [7, 11) is 0. The Balaban J connectivity index is 1.51. The number of pyridine rings is 1. The summed E-state index contributed by atoms with van der Waals surface area (Å²) < 4.78 is 55.3. The minimum atomic E-state index is -4.64. The largest absolute Gasteiger partial charge is 0.397 e. The molecule has 3 N–H and O–H groups in total. The predicted octanol–water partition coefficient (Wildman–Crippen LogP) is 1.52. The molecule has 2 aromatic rings. The molecule has 4 atom stereocenters. The fourth-order valence-electron chi connectivity index (χ4n) is 4.30. The second-order valence-electron chi connectivity index (χ2n) is 8.68. The van der Waals surface area contributed by atoms with Crippen LogP contribution in [0.3, 0.4) is 0 Å². The number of rotatable bonds is 5. The lowest BCUT2D eigenvalue weighted by molar-refractivity contribution is -0.162. The molecule has 1 fully saturated rings. The zero-order valence-corrected chi connectivity index (χ0v) is 18.5. The lowest BCUT2D eigenvalue weighted by Gasteiger charge is -2.37. The molecule has 4 rings (SSSR count). The van der Waals surface area contributed by atoms with Crippen molar-refractivity contribution in [2.24, 2.45) is 5.73 Å². The molecule has 9 nitrogen and oxygen atoms in total. The molecular formula is C22H24F4N6O3. The number of amides is 2. The fourth-order valence-corrected chi connectivity index (χ4v) is 4.30. The molecule has 13 heteroatoms. The smallest absolute Gasteiger partial charge is 0.370 e. The molecule has 2 aromatic heterocycles. The molecule has 2 amide bonds. The topological polar surface area (TPSA) is 126 Å². The second-order valence-corrected chi connectivity index (χ2v) is 8.68. The van der Waals surface area contributed by atoms with Gasteiger partial charge in [0.2, 0.25) is 11.8 Å². The molecule has 0 spiro atoms. The summed E-state index contributed by atoms with van der Waals surface area (Å²) in [6.07, 6.45) is -4.40. The van der Waals surface area contributed by atoms with Crippen molar-refractivity contribution >= 4 is 11.8 Å². The molecule has 0 saturated carbocycles. The number of aliphatic hydroxyl groups is 1. The van der Waals surface area contributed by atoms with Gasteiger partial charge in [-0.2, -0.15) is 13.2 Å². The Morgan fingerprint density at radius 3 is 2.69 bits per heavy atom. The van der Waals surface area contributed by atoms with Gasteiger partial charge in [-0.3, -0.25) is 14.6 Å². The van der Waals surface area contributed by atoms with E-state index in [2.05, 4.69) is 15.0 Å². The number of likely N-dealkylation sites (tertiary alicyclic amines) is 1. The number of hydrogen-bond donors (Lipinski definition) is 2. The first kappa shape index (κ1) is 24.9. The maximum Gasteiger partial charge on any atom is 0.397 e. The van der Waals surface area contributed by atoms with Crippen molar-refractivity contribution in [3.05, 3.63) is 42.0 Å². The first-order valence-electron chi connectivity index (χ1n) is 11.0. The summed E-state index contributed by atoms with van der Waals surface area (Å²) in [4.78, 5) is 39.1. The molecule has 0 radical (unpaired) electrons. The van der Waals surface area contributed by atoms with Crippen LogP contribution in [0.4, 0.5) is 17.6 Å². The third kappa shape index (κ3) is 5.40. The maximum absolute atomic E-state index is 13.8. The van der Waals surface area contributed by atoms with Gasteiger partial charge in [-0.1, -0.05) is 0 Å². The van der Waals surface area contributed by atoms with E-state index in [1.54, 1.807) is 12.1 Å². The van der Waals surface area contributed by atoms with E-state index in [4.69, 9.17) is 5.73 Å². The number of hydrogen-bond acceptors (Lipinski definition) is 7. The molecule has 188 valence electrons. The van der Waals surface area contributed by atoms with E-state index in [0.717, 1.165) is 16.0 Å². The van der Waals surface area contributed by atoms with E-state index >= 15 is 0 Å². The Hall–Kier alpha value is -3.19. The predicted molar refractivity (Wildman–Crippen MR) is 114 cm³/mol. The number of alkyl halides is 4. The van der Waals surface area contributed by atoms with Crippen molar-refractivity contribution < 1.29 is 32.3 Å². The van der Waals surface area contributed by atoms with Crippen LogP contribution in [-0.2, 0) is 16.1 Å². The van der Waals surface area contributed by atoms with Crippen LogP contribution in [0.5, 0.6) is 0 Å². The number of nitrogens with zero attached hydrogens (tertiary/aromatic N) is 5. The number of aliphatic hydroxyl groups excluding tert-OH is 1. The minimum absolute atomic E-state index is 0.0733. The highest BCUT2D eigenvalue weighted by Gasteiger charge is 2.46. The summed E-state index contributed by atoms with van der Waals surface area (Å²) in [5.74, 6) is -2.94. The maximum atomic E-state index is 13.8. The highest BCUT2D eigenvalue weighted by molar-refractivity contribution is 5.79. The highest BCUT2D eigenvalue weighted by Crippen LogP contribution is 2.40. The average molecular weight is 496 g/mol. The molecule has 2 aliphatic rings. The Bertz CT molecular complexity index is 1090. The highest BCUT2D eigenvalue weighted by atomic mass is 19.4. The van der Waals surface area contributed by atoms with Crippen LogP contribution in [0.15, 0.2) is 30.7 Å². The number of nitrogens with two attached hydrogens (primary N) is 1. The standard InChI is InChI=1S/C22H24F4N6O3/c23-16-1-2-18(33)32(21(16)35)9-13(27)7-19(34)31-10-15(22(24,25)26)14-8-29-20(30-17(14)11-31)12-3-5-28-6-4-12/h3-6,8,13,15-16,21,35H,1-2,7,9-11,27H2. The molecular weight excluding hydrogens is 472 g/mol. The van der Waals surface area contributed by atoms with E-state index in [1.807, 2.05) is 0 Å². The van der Waals surface area contributed by atoms with Gasteiger partial charge in [0, 0.05) is 61.7 Å². The number of fused-ring (bicyclic) bond motifs is 1. The monoisotopic (exact) mass is 496 g/mol. The van der Waals surface area contributed by atoms with Crippen molar-refractivity contribution in [2.75, 3.05) is 13.1 Å². The number of aromatic nitrogens is 3. The summed E-state index contributed by atoms with van der Waals surface area (Å²) in [6, 6.07) is 2.23. The summed E-state index contributed by atoms with van der Waals surface area (Å²) in [5, 5.41) is 9.93. The van der Waals surface area contributed by atoms with Crippen LogP contribution >= 0.6 is 0 Å². The van der Waals surface area contributed by atoms with Crippen LogP contribution in [0.25, 0.3) is 11.4 Å². The van der Waals surface area contributed by atoms with Gasteiger partial charge in [-0.25, -0.2) is 14.4 Å². The Morgan fingerprint density at radius 2 is 2.00 bits per heavy atom. The van der Waals surface area contributed by atoms with Gasteiger partial charge >= 0.3 is 6.18 Å². The van der Waals surface area contributed by atoms with E-state index < -0.39 is 55.3 Å². The Labute approximate surface area is 198 Å². The van der Waals surface area contributed by atoms with Crippen molar-refractivity contribution in [2.45, 2.75) is 56.3 Å². The molecule has 0 bridgehead atoms. The molecule has 0 aliphatic carbocycles. The average Bonchev–Trinajstić information content (AvgIpc) is 2.83. The quantitative estimate of drug-likeness (QED) is 0.602. The second kappa shape index (κ2) is 9.82. The zero-order valence-electron chi connectivity index (χ0n) is 18.5. The summed E-state index contributed by atoms with van der Waals surface area (Å²) in [6.45, 7) is -1.10. The summed E-state index contributed by atoms with van der Waals surface area (Å²) in [5.41, 5.74) is 6.51. The molecule has 0 aromatic carbocycles. The third-order valence-corrected chi connectivity index (χ3v) is 6.17. The number of piperidine rings is 1. The molecule has 4 heterocycles. The molecule has 2 aliphatic heterocycles. The van der Waals surface area contributed by atoms with Crippen LogP contribution in [0.2, 0.25) is 0 Å². The van der Waals surface area contributed by atoms with Crippen molar-refractivity contribution in [1.29, 1.82) is 0 Å². The molecule has 1 saturated heterocycles. The lowest BCUT2D eigenvalue weighted by Crippen LogP contribution is -2.54. The van der Waals surface area contributed by atoms with Gasteiger partial charge in [-0.15, -0.1) is 0 Å². The summed E-state index contributed by atoms with van der Waals surface area (Å²) >= 11 is 0. The Kier molecular flexibility index (Phi) is 6.99. The lowest BCUT2D eigenvalue weighted by atomic mass is 9.93. The van der Waals surface area contributed by atoms with Gasteiger partial charge in [0.1, 0.15) is 12.1 Å². The number of carbonyl (C=O) groups is 2. The van der Waals surface area contributed by atoms with Crippen LogP contribution in [0.1, 0.15) is 36.4 Å². The van der Waals surface area contributed by atoms with Crippen molar-refractivity contribution in [3.63, 3.8) is 0 Å². The van der Waals surface area contributed by atoms with Crippen LogP contribution in [0, 0.1) is 0 Å². The first-order chi connectivity index (χ1) is 16.5. The van der Waals surface area contributed by atoms with Gasteiger partial charge in [0.15, 0.2) is 12.1 Å². The normalized spacial score (nSPS) is 23.7. The first-order valence-corrected chi connectivity index (χ1v) is 11.0. The van der Waals surface area contributed by atoms with E-state index in [1.165, 1.54) is 12.4 Å². The van der Waals surface area contributed by atoms with E-state index in [9.17, 15) is 32.3 Å². The van der Waals surface area contributed by atoms with Crippen LogP contribution < -0.4 is 5.73 Å². The van der Waals surface area contributed by atoms with Gasteiger partial charge in [0.25, 0.3) is 0 Å². The van der Waals surface area contributed by atoms with Gasteiger partial charge < -0.3 is 20.6 Å². The number of halogens is 4. The minimum Gasteiger partial charge on any atom is -0.370 e. The molecule has 35 heavy (non-hydrogen) atoms. The third-order valence-electron chi connectivity index (χ3n) is 6.17. The fraction of sp³-hybridized carbons (Fsp3) is 0.500. The van der Waals surface area contributed by atoms with Crippen LogP contribution in [-0.4, -0.2) is 79.4 Å². The zero-order chi connectivity index (χ0) is 25.3. The van der Waals surface area contributed by atoms with Gasteiger partial charge in [-0.05, 0) is 18.6 Å². The van der Waals surface area contributed by atoms with Crippen molar-refractivity contribution in [1.82, 2.24) is 24.8 Å². The van der Waals surface area contributed by atoms with E-state index in [0.29, 0.717) is 5.56 Å². The van der Waals surface area contributed by atoms with Gasteiger partial charge in [0.05, 0.1) is 12.2 Å². The molecule has 4 unspecified atom stereocenters. The SMILES string of the molecule is NC(CC(=O)N1Cc2nc(-c3ccncc3)ncc2C(C(F)(F)F)C1)CN1C(=O)CCC(F)C1O. The Morgan fingerprint density at radius 1 is 1.29 bits per heavy atom.